The molecule has 21 heavy (non-hydrogen) atoms. The summed E-state index contributed by atoms with van der Waals surface area (Å²) in [5.74, 6) is 1.64. The van der Waals surface area contributed by atoms with Gasteiger partial charge in [-0.1, -0.05) is 6.07 Å². The lowest BCUT2D eigenvalue weighted by atomic mass is 10.1. The summed E-state index contributed by atoms with van der Waals surface area (Å²) < 4.78 is 5.97. The van der Waals surface area contributed by atoms with Gasteiger partial charge in [-0.3, -0.25) is 4.98 Å². The molecule has 106 valence electrons. The van der Waals surface area contributed by atoms with Crippen molar-refractivity contribution >= 4 is 5.82 Å². The first kappa shape index (κ1) is 13.4. The summed E-state index contributed by atoms with van der Waals surface area (Å²) in [6, 6.07) is 11.4. The first-order chi connectivity index (χ1) is 10.3. The average molecular weight is 280 g/mol. The fourth-order valence-electron chi connectivity index (χ4n) is 2.51. The number of piperidine rings is 1. The second kappa shape index (κ2) is 6.23. The molecule has 5 nitrogen and oxygen atoms in total. The Morgan fingerprint density at radius 2 is 2.24 bits per heavy atom. The summed E-state index contributed by atoms with van der Waals surface area (Å²) >= 11 is 0. The Balaban J connectivity index is 1.69. The zero-order chi connectivity index (χ0) is 14.5. The molecule has 5 heteroatoms. The van der Waals surface area contributed by atoms with E-state index in [1.807, 2.05) is 24.3 Å². The van der Waals surface area contributed by atoms with Crippen molar-refractivity contribution in [2.45, 2.75) is 18.9 Å². The minimum atomic E-state index is 0.121. The molecule has 1 saturated heterocycles. The molecule has 2 aromatic rings. The first-order valence-electron chi connectivity index (χ1n) is 7.04. The highest BCUT2D eigenvalue weighted by Crippen LogP contribution is 2.21. The number of aromatic nitrogens is 2. The highest BCUT2D eigenvalue weighted by atomic mass is 16.5. The molecular weight excluding hydrogens is 264 g/mol. The summed E-state index contributed by atoms with van der Waals surface area (Å²) in [5.41, 5.74) is 0.447. The standard InChI is InChI=1S/C16H16N4O/c17-10-13-4-1-7-16(19-13)20-9-3-6-15(12-20)21-14-5-2-8-18-11-14/h1-2,4-5,7-8,11,15H,3,6,9,12H2. The molecule has 2 aromatic heterocycles. The predicted molar refractivity (Wildman–Crippen MR) is 79.1 cm³/mol. The lowest BCUT2D eigenvalue weighted by Gasteiger charge is -2.33. The quantitative estimate of drug-likeness (QED) is 0.864. The Labute approximate surface area is 123 Å². The second-order valence-electron chi connectivity index (χ2n) is 5.01. The number of hydrogen-bond acceptors (Lipinski definition) is 5. The van der Waals surface area contributed by atoms with E-state index in [4.69, 9.17) is 10.00 Å². The smallest absolute Gasteiger partial charge is 0.142 e. The van der Waals surface area contributed by atoms with E-state index >= 15 is 0 Å². The largest absolute Gasteiger partial charge is 0.487 e. The Kier molecular flexibility index (Phi) is 3.97. The predicted octanol–water partition coefficient (Wildman–Crippen LogP) is 2.40. The van der Waals surface area contributed by atoms with Gasteiger partial charge in [-0.25, -0.2) is 4.98 Å². The average Bonchev–Trinajstić information content (AvgIpc) is 2.56. The molecule has 1 fully saturated rings. The van der Waals surface area contributed by atoms with Crippen LogP contribution in [0.3, 0.4) is 0 Å². The highest BCUT2D eigenvalue weighted by molar-refractivity contribution is 5.42. The van der Waals surface area contributed by atoms with E-state index in [2.05, 4.69) is 20.9 Å². The van der Waals surface area contributed by atoms with Gasteiger partial charge < -0.3 is 9.64 Å². The number of pyridine rings is 2. The van der Waals surface area contributed by atoms with Gasteiger partial charge in [0.25, 0.3) is 0 Å². The third-order valence-corrected chi connectivity index (χ3v) is 3.49. The molecule has 1 aliphatic rings. The maximum atomic E-state index is 8.94. The van der Waals surface area contributed by atoms with Gasteiger partial charge in [0.15, 0.2) is 0 Å². The molecule has 0 bridgehead atoms. The van der Waals surface area contributed by atoms with Crippen LogP contribution >= 0.6 is 0 Å². The minimum absolute atomic E-state index is 0.121. The van der Waals surface area contributed by atoms with Gasteiger partial charge in [-0.05, 0) is 37.1 Å². The normalized spacial score (nSPS) is 18.0. The monoisotopic (exact) mass is 280 g/mol. The van der Waals surface area contributed by atoms with E-state index in [0.29, 0.717) is 5.69 Å². The van der Waals surface area contributed by atoms with Crippen LogP contribution < -0.4 is 9.64 Å². The van der Waals surface area contributed by atoms with Crippen molar-refractivity contribution < 1.29 is 4.74 Å². The zero-order valence-electron chi connectivity index (χ0n) is 11.6. The molecule has 1 aliphatic heterocycles. The van der Waals surface area contributed by atoms with Gasteiger partial charge in [0.05, 0.1) is 12.7 Å². The van der Waals surface area contributed by atoms with Crippen molar-refractivity contribution in [3.63, 3.8) is 0 Å². The molecular formula is C16H16N4O. The topological polar surface area (TPSA) is 62.0 Å². The lowest BCUT2D eigenvalue weighted by Crippen LogP contribution is -2.41. The summed E-state index contributed by atoms with van der Waals surface area (Å²) in [6.07, 6.45) is 5.65. The minimum Gasteiger partial charge on any atom is -0.487 e. The summed E-state index contributed by atoms with van der Waals surface area (Å²) in [4.78, 5) is 10.6. The Hall–Kier alpha value is -2.61. The van der Waals surface area contributed by atoms with E-state index in [0.717, 1.165) is 37.5 Å². The van der Waals surface area contributed by atoms with Crippen molar-refractivity contribution in [1.29, 1.82) is 5.26 Å². The highest BCUT2D eigenvalue weighted by Gasteiger charge is 2.22. The number of anilines is 1. The Bertz CT molecular complexity index is 638. The zero-order valence-corrected chi connectivity index (χ0v) is 11.6. The molecule has 0 spiro atoms. The molecule has 0 aliphatic carbocycles. The van der Waals surface area contributed by atoms with Crippen LogP contribution in [0.5, 0.6) is 5.75 Å². The number of hydrogen-bond donors (Lipinski definition) is 0. The number of nitrogens with zero attached hydrogens (tertiary/aromatic N) is 4. The molecule has 0 aromatic carbocycles. The number of nitriles is 1. The molecule has 0 N–H and O–H groups in total. The molecule has 1 unspecified atom stereocenters. The molecule has 3 heterocycles. The van der Waals surface area contributed by atoms with Gasteiger partial charge in [-0.2, -0.15) is 5.26 Å². The van der Waals surface area contributed by atoms with Crippen molar-refractivity contribution in [2.75, 3.05) is 18.0 Å². The van der Waals surface area contributed by atoms with E-state index in [9.17, 15) is 0 Å². The fourth-order valence-corrected chi connectivity index (χ4v) is 2.51. The van der Waals surface area contributed by atoms with Crippen molar-refractivity contribution in [1.82, 2.24) is 9.97 Å². The number of ether oxygens (including phenoxy) is 1. The molecule has 0 saturated carbocycles. The van der Waals surface area contributed by atoms with E-state index in [1.165, 1.54) is 0 Å². The van der Waals surface area contributed by atoms with Crippen LogP contribution in [-0.4, -0.2) is 29.2 Å². The maximum Gasteiger partial charge on any atom is 0.142 e. The van der Waals surface area contributed by atoms with Gasteiger partial charge >= 0.3 is 0 Å². The maximum absolute atomic E-state index is 8.94. The Morgan fingerprint density at radius 3 is 3.05 bits per heavy atom. The van der Waals surface area contributed by atoms with Crippen LogP contribution in [0.2, 0.25) is 0 Å². The molecule has 3 rings (SSSR count). The van der Waals surface area contributed by atoms with Crippen molar-refractivity contribution in [3.05, 3.63) is 48.4 Å². The van der Waals surface area contributed by atoms with Gasteiger partial charge in [0.1, 0.15) is 29.4 Å². The van der Waals surface area contributed by atoms with Gasteiger partial charge in [0, 0.05) is 12.7 Å². The molecule has 0 amide bonds. The van der Waals surface area contributed by atoms with Gasteiger partial charge in [-0.15, -0.1) is 0 Å². The molecule has 1 atom stereocenters. The fraction of sp³-hybridized carbons (Fsp3) is 0.312. The lowest BCUT2D eigenvalue weighted by molar-refractivity contribution is 0.178. The van der Waals surface area contributed by atoms with Crippen LogP contribution in [0.15, 0.2) is 42.7 Å². The van der Waals surface area contributed by atoms with Crippen LogP contribution in [0.1, 0.15) is 18.5 Å². The van der Waals surface area contributed by atoms with Crippen molar-refractivity contribution in [3.8, 4) is 11.8 Å². The van der Waals surface area contributed by atoms with E-state index in [1.54, 1.807) is 18.5 Å². The molecule has 0 radical (unpaired) electrons. The summed E-state index contributed by atoms with van der Waals surface area (Å²) in [7, 11) is 0. The van der Waals surface area contributed by atoms with Crippen molar-refractivity contribution in [2.24, 2.45) is 0 Å². The second-order valence-corrected chi connectivity index (χ2v) is 5.01. The van der Waals surface area contributed by atoms with E-state index < -0.39 is 0 Å². The Morgan fingerprint density at radius 1 is 1.29 bits per heavy atom. The first-order valence-corrected chi connectivity index (χ1v) is 7.04. The van der Waals surface area contributed by atoms with Crippen LogP contribution in [0.4, 0.5) is 5.82 Å². The van der Waals surface area contributed by atoms with E-state index in [-0.39, 0.29) is 6.10 Å². The van der Waals surface area contributed by atoms with Crippen LogP contribution in [0.25, 0.3) is 0 Å². The van der Waals surface area contributed by atoms with Crippen LogP contribution in [-0.2, 0) is 0 Å². The van der Waals surface area contributed by atoms with Crippen LogP contribution in [0, 0.1) is 11.3 Å². The third-order valence-electron chi connectivity index (χ3n) is 3.49. The summed E-state index contributed by atoms with van der Waals surface area (Å²) in [6.45, 7) is 1.71. The number of rotatable bonds is 3. The SMILES string of the molecule is N#Cc1cccc(N2CCCC(Oc3cccnc3)C2)n1. The summed E-state index contributed by atoms with van der Waals surface area (Å²) in [5, 5.41) is 8.94. The third kappa shape index (κ3) is 3.29. The van der Waals surface area contributed by atoms with Gasteiger partial charge in [0.2, 0.25) is 0 Å².